The van der Waals surface area contributed by atoms with Crippen LogP contribution in [-0.2, 0) is 9.59 Å². The fraction of sp³-hybridized carbons (Fsp3) is 0.810. The van der Waals surface area contributed by atoms with Gasteiger partial charge in [-0.2, -0.15) is 0 Å². The van der Waals surface area contributed by atoms with Crippen LogP contribution in [0.4, 0.5) is 0 Å². The van der Waals surface area contributed by atoms with E-state index in [1.807, 2.05) is 19.1 Å². The van der Waals surface area contributed by atoms with Gasteiger partial charge in [-0.3, -0.25) is 9.59 Å². The molecule has 0 spiro atoms. The van der Waals surface area contributed by atoms with Crippen LogP contribution in [-0.4, -0.2) is 38.8 Å². The summed E-state index contributed by atoms with van der Waals surface area (Å²) >= 11 is 0. The Kier molecular flexibility index (Phi) is 10.1. The molecule has 0 radical (unpaired) electrons. The monoisotopic (exact) mass is 368 g/mol. The van der Waals surface area contributed by atoms with Gasteiger partial charge in [-0.15, -0.1) is 0 Å². The topological polar surface area (TPSA) is 94.8 Å². The maximum absolute atomic E-state index is 12.2. The van der Waals surface area contributed by atoms with E-state index in [0.29, 0.717) is 12.8 Å². The van der Waals surface area contributed by atoms with Crippen molar-refractivity contribution in [2.75, 3.05) is 0 Å². The second kappa shape index (κ2) is 11.5. The SMILES string of the molecule is CCCCC(C)(O)C/C=C/[C@H]1[C@H](CCCCCCC(=O)O)C(=O)C[C@@H]1O. The minimum absolute atomic E-state index is 0.121. The van der Waals surface area contributed by atoms with E-state index in [-0.39, 0.29) is 30.5 Å². The fourth-order valence-electron chi connectivity index (χ4n) is 3.72. The highest BCUT2D eigenvalue weighted by atomic mass is 16.4. The Morgan fingerprint density at radius 2 is 1.92 bits per heavy atom. The van der Waals surface area contributed by atoms with Gasteiger partial charge in [0.15, 0.2) is 0 Å². The number of unbranched alkanes of at least 4 members (excludes halogenated alkanes) is 4. The molecule has 150 valence electrons. The van der Waals surface area contributed by atoms with Gasteiger partial charge in [0.1, 0.15) is 5.78 Å². The number of carbonyl (C=O) groups excluding carboxylic acids is 1. The molecule has 5 nitrogen and oxygen atoms in total. The molecule has 0 aromatic heterocycles. The van der Waals surface area contributed by atoms with Crippen molar-refractivity contribution >= 4 is 11.8 Å². The van der Waals surface area contributed by atoms with Crippen molar-refractivity contribution in [2.24, 2.45) is 11.8 Å². The third-order valence-electron chi connectivity index (χ3n) is 5.37. The maximum atomic E-state index is 12.2. The number of hydrogen-bond acceptors (Lipinski definition) is 4. The van der Waals surface area contributed by atoms with E-state index in [0.717, 1.165) is 44.9 Å². The smallest absolute Gasteiger partial charge is 0.303 e. The number of hydrogen-bond donors (Lipinski definition) is 3. The lowest BCUT2D eigenvalue weighted by Gasteiger charge is -2.22. The molecule has 1 fully saturated rings. The van der Waals surface area contributed by atoms with Crippen LogP contribution in [0.5, 0.6) is 0 Å². The number of Topliss-reactive ketones (excluding diaryl/α,β-unsaturated/α-hetero) is 1. The largest absolute Gasteiger partial charge is 0.481 e. The maximum Gasteiger partial charge on any atom is 0.303 e. The third-order valence-corrected chi connectivity index (χ3v) is 5.37. The third kappa shape index (κ3) is 8.45. The number of aliphatic hydroxyl groups is 2. The summed E-state index contributed by atoms with van der Waals surface area (Å²) in [5.74, 6) is -0.959. The zero-order valence-electron chi connectivity index (χ0n) is 16.3. The van der Waals surface area contributed by atoms with Gasteiger partial charge in [-0.25, -0.2) is 0 Å². The summed E-state index contributed by atoms with van der Waals surface area (Å²) < 4.78 is 0. The molecule has 0 aromatic carbocycles. The number of aliphatic carboxylic acids is 1. The highest BCUT2D eigenvalue weighted by molar-refractivity contribution is 5.84. The molecule has 0 amide bonds. The zero-order chi connectivity index (χ0) is 19.6. The molecular weight excluding hydrogens is 332 g/mol. The van der Waals surface area contributed by atoms with Gasteiger partial charge in [0, 0.05) is 24.7 Å². The van der Waals surface area contributed by atoms with E-state index in [1.54, 1.807) is 0 Å². The van der Waals surface area contributed by atoms with Crippen molar-refractivity contribution in [3.05, 3.63) is 12.2 Å². The van der Waals surface area contributed by atoms with Gasteiger partial charge >= 0.3 is 5.97 Å². The zero-order valence-corrected chi connectivity index (χ0v) is 16.3. The van der Waals surface area contributed by atoms with Gasteiger partial charge in [0.05, 0.1) is 11.7 Å². The van der Waals surface area contributed by atoms with E-state index in [4.69, 9.17) is 5.11 Å². The molecule has 26 heavy (non-hydrogen) atoms. The molecular formula is C21H36O5. The molecule has 0 bridgehead atoms. The number of aliphatic hydroxyl groups excluding tert-OH is 1. The molecule has 0 aliphatic heterocycles. The average molecular weight is 369 g/mol. The molecule has 1 aliphatic rings. The van der Waals surface area contributed by atoms with Crippen LogP contribution in [0.1, 0.15) is 84.5 Å². The lowest BCUT2D eigenvalue weighted by molar-refractivity contribution is -0.137. The number of carboxylic acids is 1. The molecule has 1 rings (SSSR count). The number of rotatable bonds is 13. The highest BCUT2D eigenvalue weighted by Gasteiger charge is 2.39. The summed E-state index contributed by atoms with van der Waals surface area (Å²) in [6.45, 7) is 3.93. The van der Waals surface area contributed by atoms with Gasteiger partial charge in [0.2, 0.25) is 0 Å². The average Bonchev–Trinajstić information content (AvgIpc) is 2.82. The summed E-state index contributed by atoms with van der Waals surface area (Å²) in [5.41, 5.74) is -0.736. The Labute approximate surface area is 157 Å². The first-order chi connectivity index (χ1) is 12.3. The first-order valence-electron chi connectivity index (χ1n) is 10.1. The number of ketones is 1. The Hall–Kier alpha value is -1.20. The summed E-state index contributed by atoms with van der Waals surface area (Å²) in [4.78, 5) is 22.7. The van der Waals surface area contributed by atoms with Crippen LogP contribution in [0.3, 0.4) is 0 Å². The first kappa shape index (κ1) is 22.8. The number of carboxylic acid groups (broad SMARTS) is 1. The lowest BCUT2D eigenvalue weighted by Crippen LogP contribution is -2.23. The van der Waals surface area contributed by atoms with E-state index in [9.17, 15) is 19.8 Å². The molecule has 3 N–H and O–H groups in total. The number of carbonyl (C=O) groups is 2. The second-order valence-electron chi connectivity index (χ2n) is 8.00. The van der Waals surface area contributed by atoms with Crippen molar-refractivity contribution < 1.29 is 24.9 Å². The standard InChI is InChI=1S/C21H36O5/c1-3-4-13-21(2,26)14-9-11-17-16(18(22)15-19(17)23)10-7-5-6-8-12-20(24)25/h9,11,16-17,19,23,26H,3-8,10,12-15H2,1-2H3,(H,24,25)/b11-9+/t16-,17-,19-,21?/m0/s1. The van der Waals surface area contributed by atoms with Crippen molar-refractivity contribution in [1.29, 1.82) is 0 Å². The van der Waals surface area contributed by atoms with E-state index >= 15 is 0 Å². The summed E-state index contributed by atoms with van der Waals surface area (Å²) in [5, 5.41) is 29.2. The normalized spacial score (nSPS) is 25.7. The highest BCUT2D eigenvalue weighted by Crippen LogP contribution is 2.34. The van der Waals surface area contributed by atoms with Gasteiger partial charge < -0.3 is 15.3 Å². The van der Waals surface area contributed by atoms with Gasteiger partial charge in [-0.1, -0.05) is 51.2 Å². The van der Waals surface area contributed by atoms with Crippen molar-refractivity contribution in [1.82, 2.24) is 0 Å². The van der Waals surface area contributed by atoms with Crippen LogP contribution in [0.15, 0.2) is 12.2 Å². The quantitative estimate of drug-likeness (QED) is 0.339. The minimum Gasteiger partial charge on any atom is -0.481 e. The Bertz CT molecular complexity index is 469. The molecule has 4 atom stereocenters. The van der Waals surface area contributed by atoms with Crippen molar-refractivity contribution in [3.63, 3.8) is 0 Å². The van der Waals surface area contributed by atoms with Crippen molar-refractivity contribution in [3.8, 4) is 0 Å². The van der Waals surface area contributed by atoms with Crippen molar-refractivity contribution in [2.45, 2.75) is 96.2 Å². The summed E-state index contributed by atoms with van der Waals surface area (Å²) in [6, 6.07) is 0. The van der Waals surface area contributed by atoms with Crippen LogP contribution in [0.2, 0.25) is 0 Å². The Balaban J connectivity index is 2.44. The van der Waals surface area contributed by atoms with Crippen LogP contribution < -0.4 is 0 Å². The second-order valence-corrected chi connectivity index (χ2v) is 8.00. The van der Waals surface area contributed by atoms with E-state index < -0.39 is 17.7 Å². The molecule has 5 heteroatoms. The summed E-state index contributed by atoms with van der Waals surface area (Å²) in [7, 11) is 0. The molecule has 1 unspecified atom stereocenters. The molecule has 1 saturated carbocycles. The molecule has 0 heterocycles. The van der Waals surface area contributed by atoms with Crippen LogP contribution in [0.25, 0.3) is 0 Å². The van der Waals surface area contributed by atoms with Gasteiger partial charge in [0.25, 0.3) is 0 Å². The van der Waals surface area contributed by atoms with E-state index in [2.05, 4.69) is 6.92 Å². The lowest BCUT2D eigenvalue weighted by atomic mass is 9.87. The Morgan fingerprint density at radius 3 is 2.58 bits per heavy atom. The molecule has 1 aliphatic carbocycles. The molecule has 0 saturated heterocycles. The minimum atomic E-state index is -0.765. The fourth-order valence-corrected chi connectivity index (χ4v) is 3.72. The summed E-state index contributed by atoms with van der Waals surface area (Å²) in [6.07, 6.45) is 11.0. The van der Waals surface area contributed by atoms with E-state index in [1.165, 1.54) is 0 Å². The van der Waals surface area contributed by atoms with Gasteiger partial charge in [-0.05, 0) is 32.6 Å². The Morgan fingerprint density at radius 1 is 1.23 bits per heavy atom. The van der Waals surface area contributed by atoms with Crippen LogP contribution in [0, 0.1) is 11.8 Å². The molecule has 0 aromatic rings. The predicted molar refractivity (Wildman–Crippen MR) is 102 cm³/mol. The first-order valence-corrected chi connectivity index (χ1v) is 10.1. The van der Waals surface area contributed by atoms with Crippen LogP contribution >= 0.6 is 0 Å². The predicted octanol–water partition coefficient (Wildman–Crippen LogP) is 3.87.